The van der Waals surface area contributed by atoms with Crippen LogP contribution in [0.15, 0.2) is 54.6 Å². The molecule has 1 saturated carbocycles. The number of para-hydroxylation sites is 1. The Morgan fingerprint density at radius 3 is 2.66 bits per heavy atom. The van der Waals surface area contributed by atoms with E-state index in [1.807, 2.05) is 42.5 Å². The van der Waals surface area contributed by atoms with E-state index in [0.717, 1.165) is 12.8 Å². The molecule has 1 aromatic rings. The molecule has 2 unspecified atom stereocenters. The highest BCUT2D eigenvalue weighted by atomic mass is 16.5. The van der Waals surface area contributed by atoms with E-state index in [0.29, 0.717) is 31.4 Å². The van der Waals surface area contributed by atoms with E-state index in [1.54, 1.807) is 12.2 Å². The minimum absolute atomic E-state index is 0.0138. The third-order valence-corrected chi connectivity index (χ3v) is 5.84. The lowest BCUT2D eigenvalue weighted by molar-refractivity contribution is -0.137. The van der Waals surface area contributed by atoms with Gasteiger partial charge in [-0.1, -0.05) is 55.8 Å². The molecule has 0 aliphatic heterocycles. The van der Waals surface area contributed by atoms with Crippen LogP contribution in [0, 0.1) is 11.8 Å². The van der Waals surface area contributed by atoms with Crippen molar-refractivity contribution in [1.29, 1.82) is 0 Å². The lowest BCUT2D eigenvalue weighted by Crippen LogP contribution is -2.31. The van der Waals surface area contributed by atoms with Crippen molar-refractivity contribution in [3.05, 3.63) is 54.6 Å². The summed E-state index contributed by atoms with van der Waals surface area (Å²) in [4.78, 5) is 22.9. The highest BCUT2D eigenvalue weighted by Gasteiger charge is 2.39. The fourth-order valence-electron chi connectivity index (χ4n) is 4.00. The Morgan fingerprint density at radius 2 is 1.97 bits per heavy atom. The van der Waals surface area contributed by atoms with Gasteiger partial charge in [0.15, 0.2) is 0 Å². The zero-order valence-corrected chi connectivity index (χ0v) is 18.8. The number of aliphatic carboxylic acids is 1. The molecular weight excluding hydrogens is 408 g/mol. The van der Waals surface area contributed by atoms with E-state index in [2.05, 4.69) is 6.92 Å². The summed E-state index contributed by atoms with van der Waals surface area (Å²) in [5, 5.41) is 29.8. The topological polar surface area (TPSA) is 104 Å². The Hall–Kier alpha value is -2.44. The lowest BCUT2D eigenvalue weighted by Gasteiger charge is -2.23. The third kappa shape index (κ3) is 8.60. The number of carboxylic acids is 1. The number of Topliss-reactive ketones (excluding diaryl/α,β-unsaturated/α-hetero) is 1. The number of rotatable bonds is 14. The van der Waals surface area contributed by atoms with Crippen molar-refractivity contribution in [3.63, 3.8) is 0 Å². The SMILES string of the molecule is CCCCC(Oc1ccccc1)[C@H](O)/C=C/C1[C@H](O)CC(=O)[C@@H]1C/C=C\CCCC(=O)O. The van der Waals surface area contributed by atoms with E-state index in [1.165, 1.54) is 0 Å². The first-order valence-corrected chi connectivity index (χ1v) is 11.6. The number of unbranched alkanes of at least 4 members (excludes halogenated alkanes) is 2. The van der Waals surface area contributed by atoms with E-state index in [-0.39, 0.29) is 30.5 Å². The number of ether oxygens (including phenoxy) is 1. The zero-order chi connectivity index (χ0) is 23.3. The molecule has 0 spiro atoms. The Labute approximate surface area is 190 Å². The van der Waals surface area contributed by atoms with Gasteiger partial charge in [0.25, 0.3) is 0 Å². The molecule has 1 fully saturated rings. The predicted molar refractivity (Wildman–Crippen MR) is 123 cm³/mol. The first-order chi connectivity index (χ1) is 15.4. The third-order valence-electron chi connectivity index (χ3n) is 5.84. The number of aliphatic hydroxyl groups is 2. The van der Waals surface area contributed by atoms with Crippen molar-refractivity contribution < 1.29 is 29.6 Å². The second kappa shape index (κ2) is 13.9. The molecule has 0 bridgehead atoms. The fourth-order valence-corrected chi connectivity index (χ4v) is 4.00. The summed E-state index contributed by atoms with van der Waals surface area (Å²) in [6.45, 7) is 2.09. The van der Waals surface area contributed by atoms with E-state index in [4.69, 9.17) is 9.84 Å². The average molecular weight is 445 g/mol. The van der Waals surface area contributed by atoms with Crippen molar-refractivity contribution >= 4 is 11.8 Å². The summed E-state index contributed by atoms with van der Waals surface area (Å²) in [5.41, 5.74) is 0. The van der Waals surface area contributed by atoms with Crippen LogP contribution < -0.4 is 4.74 Å². The number of carboxylic acid groups (broad SMARTS) is 1. The molecule has 1 aliphatic rings. The summed E-state index contributed by atoms with van der Waals surface area (Å²) >= 11 is 0. The van der Waals surface area contributed by atoms with Crippen molar-refractivity contribution in [2.45, 2.75) is 76.6 Å². The minimum Gasteiger partial charge on any atom is -0.487 e. The van der Waals surface area contributed by atoms with Gasteiger partial charge < -0.3 is 20.1 Å². The Kier molecular flexibility index (Phi) is 11.2. The number of hydrogen-bond acceptors (Lipinski definition) is 5. The normalized spacial score (nSPS) is 23.1. The first-order valence-electron chi connectivity index (χ1n) is 11.6. The van der Waals surface area contributed by atoms with Crippen molar-refractivity contribution in [1.82, 2.24) is 0 Å². The molecule has 0 radical (unpaired) electrons. The van der Waals surface area contributed by atoms with Gasteiger partial charge in [-0.05, 0) is 44.2 Å². The predicted octanol–water partition coefficient (Wildman–Crippen LogP) is 4.31. The molecule has 6 nitrogen and oxygen atoms in total. The van der Waals surface area contributed by atoms with Gasteiger partial charge in [-0.15, -0.1) is 0 Å². The van der Waals surface area contributed by atoms with Gasteiger partial charge in [0.1, 0.15) is 23.7 Å². The zero-order valence-electron chi connectivity index (χ0n) is 18.8. The number of carbonyl (C=O) groups is 2. The van der Waals surface area contributed by atoms with Crippen LogP contribution in [0.5, 0.6) is 5.75 Å². The quantitative estimate of drug-likeness (QED) is 0.292. The van der Waals surface area contributed by atoms with Gasteiger partial charge in [-0.3, -0.25) is 9.59 Å². The smallest absolute Gasteiger partial charge is 0.303 e. The number of benzene rings is 1. The van der Waals surface area contributed by atoms with Crippen LogP contribution >= 0.6 is 0 Å². The van der Waals surface area contributed by atoms with E-state index >= 15 is 0 Å². The molecule has 5 atom stereocenters. The minimum atomic E-state index is -0.850. The van der Waals surface area contributed by atoms with Gasteiger partial charge in [-0.25, -0.2) is 0 Å². The number of carbonyl (C=O) groups excluding carboxylic acids is 1. The molecule has 0 aromatic heterocycles. The molecule has 6 heteroatoms. The molecule has 0 heterocycles. The molecule has 0 saturated heterocycles. The van der Waals surface area contributed by atoms with Crippen molar-refractivity contribution in [2.75, 3.05) is 0 Å². The molecule has 2 rings (SSSR count). The number of aliphatic hydroxyl groups excluding tert-OH is 2. The second-order valence-corrected chi connectivity index (χ2v) is 8.40. The molecule has 3 N–H and O–H groups in total. The highest BCUT2D eigenvalue weighted by molar-refractivity contribution is 5.84. The molecule has 1 aromatic carbocycles. The lowest BCUT2D eigenvalue weighted by atomic mass is 9.90. The average Bonchev–Trinajstić information content (AvgIpc) is 3.04. The number of ketones is 1. The molecule has 0 amide bonds. The maximum atomic E-state index is 12.4. The van der Waals surface area contributed by atoms with E-state index < -0.39 is 24.3 Å². The number of allylic oxidation sites excluding steroid dienone is 2. The maximum Gasteiger partial charge on any atom is 0.303 e. The van der Waals surface area contributed by atoms with Gasteiger partial charge in [0, 0.05) is 24.7 Å². The fraction of sp³-hybridized carbons (Fsp3) is 0.538. The number of hydrogen-bond donors (Lipinski definition) is 3. The van der Waals surface area contributed by atoms with Crippen molar-refractivity contribution in [3.8, 4) is 5.75 Å². The summed E-state index contributed by atoms with van der Waals surface area (Å²) < 4.78 is 6.00. The molecular formula is C26H36O6. The van der Waals surface area contributed by atoms with Crippen LogP contribution in [0.1, 0.15) is 58.3 Å². The monoisotopic (exact) mass is 444 g/mol. The van der Waals surface area contributed by atoms with E-state index in [9.17, 15) is 19.8 Å². The Morgan fingerprint density at radius 1 is 1.22 bits per heavy atom. The summed E-state index contributed by atoms with van der Waals surface area (Å²) in [6, 6.07) is 9.38. The van der Waals surface area contributed by atoms with Crippen LogP contribution in [0.25, 0.3) is 0 Å². The maximum absolute atomic E-state index is 12.4. The largest absolute Gasteiger partial charge is 0.487 e. The molecule has 1 aliphatic carbocycles. The summed E-state index contributed by atoms with van der Waals surface area (Å²) in [7, 11) is 0. The highest BCUT2D eigenvalue weighted by Crippen LogP contribution is 2.33. The van der Waals surface area contributed by atoms with Gasteiger partial charge in [0.05, 0.1) is 6.10 Å². The van der Waals surface area contributed by atoms with Gasteiger partial charge in [-0.2, -0.15) is 0 Å². The Balaban J connectivity index is 1.98. The van der Waals surface area contributed by atoms with Crippen LogP contribution in [0.3, 0.4) is 0 Å². The van der Waals surface area contributed by atoms with Crippen molar-refractivity contribution in [2.24, 2.45) is 11.8 Å². The second-order valence-electron chi connectivity index (χ2n) is 8.40. The first kappa shape index (κ1) is 25.8. The van der Waals surface area contributed by atoms with Crippen LogP contribution in [-0.4, -0.2) is 45.4 Å². The van der Waals surface area contributed by atoms with Gasteiger partial charge in [0.2, 0.25) is 0 Å². The van der Waals surface area contributed by atoms with Gasteiger partial charge >= 0.3 is 5.97 Å². The van der Waals surface area contributed by atoms with Crippen LogP contribution in [-0.2, 0) is 9.59 Å². The molecule has 176 valence electrons. The van der Waals surface area contributed by atoms with Crippen LogP contribution in [0.4, 0.5) is 0 Å². The molecule has 32 heavy (non-hydrogen) atoms. The Bertz CT molecular complexity index is 757. The summed E-state index contributed by atoms with van der Waals surface area (Å²) in [5.74, 6) is -0.801. The summed E-state index contributed by atoms with van der Waals surface area (Å²) in [6.07, 6.45) is 9.72. The standard InChI is InChI=1S/C26H36O6/c1-2-3-14-25(32-19-11-7-6-8-12-19)22(27)17-16-21-20(23(28)18-24(21)29)13-9-4-5-10-15-26(30)31/h4,6-9,11-12,16-17,20-22,24-25,27,29H,2-3,5,10,13-15,18H2,1H3,(H,30,31)/b9-4-,17-16+/t20-,21?,22-,24-,25?/m1/s1. The van der Waals surface area contributed by atoms with Crippen LogP contribution in [0.2, 0.25) is 0 Å².